The number of halogens is 2. The Hall–Kier alpha value is -3.85. The van der Waals surface area contributed by atoms with Crippen LogP contribution in [0.15, 0.2) is 65.9 Å². The van der Waals surface area contributed by atoms with Crippen molar-refractivity contribution in [2.24, 2.45) is 0 Å². The number of nitrogens with zero attached hydrogens (tertiary/aromatic N) is 4. The lowest BCUT2D eigenvalue weighted by Crippen LogP contribution is -2.40. The monoisotopic (exact) mass is 539 g/mol. The van der Waals surface area contributed by atoms with Gasteiger partial charge in [0.05, 0.1) is 40.1 Å². The minimum absolute atomic E-state index is 0.0753. The first-order valence-electron chi connectivity index (χ1n) is 11.3. The normalized spacial score (nSPS) is 16.6. The summed E-state index contributed by atoms with van der Waals surface area (Å²) >= 11 is 11.6. The van der Waals surface area contributed by atoms with E-state index in [2.05, 4.69) is 28.7 Å². The number of nitriles is 2. The third-order valence-electron chi connectivity index (χ3n) is 5.38. The van der Waals surface area contributed by atoms with Gasteiger partial charge < -0.3 is 14.8 Å². The number of hydrogen-bond acceptors (Lipinski definition) is 7. The van der Waals surface area contributed by atoms with E-state index >= 15 is 0 Å². The molecule has 0 spiro atoms. The molecule has 0 unspecified atom stereocenters. The zero-order chi connectivity index (χ0) is 27.4. The first-order valence-corrected chi connectivity index (χ1v) is 12.1. The summed E-state index contributed by atoms with van der Waals surface area (Å²) in [5.41, 5.74) is 1.75. The van der Waals surface area contributed by atoms with Crippen molar-refractivity contribution in [1.29, 1.82) is 10.5 Å². The van der Waals surface area contributed by atoms with E-state index in [9.17, 15) is 4.79 Å². The van der Waals surface area contributed by atoms with Crippen LogP contribution >= 0.6 is 23.2 Å². The highest BCUT2D eigenvalue weighted by Gasteiger charge is 2.24. The van der Waals surface area contributed by atoms with Crippen LogP contribution < -0.4 is 10.1 Å². The van der Waals surface area contributed by atoms with Gasteiger partial charge in [-0.2, -0.15) is 15.6 Å². The molecule has 1 aromatic carbocycles. The van der Waals surface area contributed by atoms with Crippen molar-refractivity contribution < 1.29 is 14.3 Å². The number of allylic oxidation sites excluding steroid dienone is 3. The predicted molar refractivity (Wildman–Crippen MR) is 142 cm³/mol. The van der Waals surface area contributed by atoms with Gasteiger partial charge in [0.1, 0.15) is 23.6 Å². The minimum atomic E-state index is -0.194. The molecular weight excluding hydrogens is 513 g/mol. The van der Waals surface area contributed by atoms with E-state index in [-0.39, 0.29) is 28.7 Å². The smallest absolute Gasteiger partial charge is 0.272 e. The van der Waals surface area contributed by atoms with Crippen LogP contribution in [-0.4, -0.2) is 35.4 Å². The second kappa shape index (κ2) is 14.6. The van der Waals surface area contributed by atoms with E-state index in [1.54, 1.807) is 36.4 Å². The maximum Gasteiger partial charge on any atom is 0.272 e. The molecule has 1 amide bonds. The third-order valence-corrected chi connectivity index (χ3v) is 6.03. The second-order valence-corrected chi connectivity index (χ2v) is 8.95. The van der Waals surface area contributed by atoms with Crippen molar-refractivity contribution in [1.82, 2.24) is 15.5 Å². The molecule has 0 atom stereocenters. The van der Waals surface area contributed by atoms with Gasteiger partial charge >= 0.3 is 0 Å². The van der Waals surface area contributed by atoms with E-state index in [0.717, 1.165) is 31.4 Å². The molecule has 8 nitrogen and oxygen atoms in total. The maximum absolute atomic E-state index is 12.2. The zero-order valence-corrected chi connectivity index (χ0v) is 22.1. The SMILES string of the molecule is C=C(/C=C(/Cl)C(=C)C#N)OC.Cc1ccc(C(=O)NC2CCC(Oc3ccc(C#N)c(Cl)c3)CC2)nn1. The molecule has 0 saturated heterocycles. The van der Waals surface area contributed by atoms with Crippen LogP contribution in [0.5, 0.6) is 5.75 Å². The Bertz CT molecular complexity index is 1240. The Labute approximate surface area is 226 Å². The van der Waals surface area contributed by atoms with Crippen LogP contribution in [0.2, 0.25) is 5.02 Å². The zero-order valence-electron chi connectivity index (χ0n) is 20.6. The summed E-state index contributed by atoms with van der Waals surface area (Å²) < 4.78 is 10.7. The first-order chi connectivity index (χ1) is 17.7. The quantitative estimate of drug-likeness (QED) is 0.269. The molecule has 3 rings (SSSR count). The fourth-order valence-corrected chi connectivity index (χ4v) is 3.67. The Morgan fingerprint density at radius 1 is 1.16 bits per heavy atom. The van der Waals surface area contributed by atoms with Crippen molar-refractivity contribution in [3.05, 3.63) is 87.9 Å². The fourth-order valence-electron chi connectivity index (χ4n) is 3.30. The van der Waals surface area contributed by atoms with E-state index in [0.29, 0.717) is 27.8 Å². The molecule has 0 bridgehead atoms. The van der Waals surface area contributed by atoms with Crippen molar-refractivity contribution in [2.45, 2.75) is 44.8 Å². The summed E-state index contributed by atoms with van der Waals surface area (Å²) in [5, 5.41) is 28.7. The number of aryl methyl sites for hydroxylation is 1. The molecule has 0 aliphatic heterocycles. The highest BCUT2D eigenvalue weighted by atomic mass is 35.5. The largest absolute Gasteiger partial charge is 0.497 e. The average Bonchev–Trinajstić information content (AvgIpc) is 2.90. The van der Waals surface area contributed by atoms with Crippen molar-refractivity contribution in [3.63, 3.8) is 0 Å². The molecule has 37 heavy (non-hydrogen) atoms. The van der Waals surface area contributed by atoms with E-state index in [1.165, 1.54) is 13.2 Å². The maximum atomic E-state index is 12.2. The molecule has 10 heteroatoms. The Balaban J connectivity index is 0.000000371. The molecule has 2 aromatic rings. The summed E-state index contributed by atoms with van der Waals surface area (Å²) in [7, 11) is 1.47. The number of aromatic nitrogens is 2. The molecule has 0 radical (unpaired) electrons. The van der Waals surface area contributed by atoms with Crippen LogP contribution in [0.4, 0.5) is 0 Å². The highest BCUT2D eigenvalue weighted by Crippen LogP contribution is 2.27. The van der Waals surface area contributed by atoms with Crippen molar-refractivity contribution >= 4 is 29.1 Å². The molecular formula is C27H27Cl2N5O3. The molecule has 1 aliphatic rings. The van der Waals surface area contributed by atoms with Gasteiger partial charge in [-0.05, 0) is 62.9 Å². The molecule has 1 aliphatic carbocycles. The lowest BCUT2D eigenvalue weighted by Gasteiger charge is -2.29. The predicted octanol–water partition coefficient (Wildman–Crippen LogP) is 5.78. The van der Waals surface area contributed by atoms with Gasteiger partial charge in [-0.3, -0.25) is 4.79 Å². The number of hydrogen-bond donors (Lipinski definition) is 1. The molecule has 1 saturated carbocycles. The summed E-state index contributed by atoms with van der Waals surface area (Å²) in [6, 6.07) is 12.5. The molecule has 192 valence electrons. The lowest BCUT2D eigenvalue weighted by molar-refractivity contribution is 0.0888. The Morgan fingerprint density at radius 3 is 2.41 bits per heavy atom. The highest BCUT2D eigenvalue weighted by molar-refractivity contribution is 6.32. The number of carbonyl (C=O) groups excluding carboxylic acids is 1. The fraction of sp³-hybridized carbons (Fsp3) is 0.296. The molecule has 1 fully saturated rings. The summed E-state index contributed by atoms with van der Waals surface area (Å²) in [6.07, 6.45) is 4.85. The summed E-state index contributed by atoms with van der Waals surface area (Å²) in [6.45, 7) is 8.73. The third kappa shape index (κ3) is 9.61. The molecule has 1 N–H and O–H groups in total. The number of nitrogens with one attached hydrogen (secondary N) is 1. The van der Waals surface area contributed by atoms with E-state index < -0.39 is 0 Å². The minimum Gasteiger partial charge on any atom is -0.497 e. The number of carbonyl (C=O) groups is 1. The van der Waals surface area contributed by atoms with Crippen LogP contribution in [0.1, 0.15) is 47.4 Å². The lowest BCUT2D eigenvalue weighted by atomic mass is 9.93. The molecule has 1 heterocycles. The molecule has 1 aromatic heterocycles. The summed E-state index contributed by atoms with van der Waals surface area (Å²) in [4.78, 5) is 12.2. The van der Waals surface area contributed by atoms with Gasteiger partial charge in [0.25, 0.3) is 5.91 Å². The number of ether oxygens (including phenoxy) is 2. The van der Waals surface area contributed by atoms with Crippen LogP contribution in [0.25, 0.3) is 0 Å². The van der Waals surface area contributed by atoms with Crippen molar-refractivity contribution in [2.75, 3.05) is 7.11 Å². The number of rotatable bonds is 7. The number of methoxy groups -OCH3 is 1. The van der Waals surface area contributed by atoms with Gasteiger partial charge in [-0.25, -0.2) is 0 Å². The summed E-state index contributed by atoms with van der Waals surface area (Å²) in [5.74, 6) is 0.864. The van der Waals surface area contributed by atoms with Crippen LogP contribution in [0, 0.1) is 29.6 Å². The number of amides is 1. The van der Waals surface area contributed by atoms with Gasteiger partial charge in [-0.1, -0.05) is 36.4 Å². The first kappa shape index (κ1) is 29.4. The van der Waals surface area contributed by atoms with E-state index in [4.69, 9.17) is 43.2 Å². The van der Waals surface area contributed by atoms with Crippen LogP contribution in [0.3, 0.4) is 0 Å². The average molecular weight is 540 g/mol. The van der Waals surface area contributed by atoms with Gasteiger partial charge in [0, 0.05) is 12.1 Å². The second-order valence-electron chi connectivity index (χ2n) is 8.13. The number of benzene rings is 1. The van der Waals surface area contributed by atoms with Crippen molar-refractivity contribution in [3.8, 4) is 17.9 Å². The van der Waals surface area contributed by atoms with E-state index in [1.807, 2.05) is 13.0 Å². The Morgan fingerprint density at radius 2 is 1.86 bits per heavy atom. The topological polar surface area (TPSA) is 121 Å². The standard InChI is InChI=1S/C19H19ClN4O2.C8H8ClNO/c1-12-2-9-18(24-23-12)19(25)22-14-4-7-15(8-5-14)26-16-6-3-13(11-21)17(20)10-16;1-6(5-10)8(9)4-7(2)11-3/h2-3,6,9-10,14-15H,4-5,7-8H2,1H3,(H,22,25);4H,1-2H2,3H3/b;8-4+. The Kier molecular flexibility index (Phi) is 11.6. The van der Waals surface area contributed by atoms with Gasteiger partial charge in [0.15, 0.2) is 5.69 Å². The van der Waals surface area contributed by atoms with Crippen LogP contribution in [-0.2, 0) is 4.74 Å². The van der Waals surface area contributed by atoms with Gasteiger partial charge in [-0.15, -0.1) is 5.10 Å². The van der Waals surface area contributed by atoms with Gasteiger partial charge in [0.2, 0.25) is 0 Å².